The summed E-state index contributed by atoms with van der Waals surface area (Å²) in [5, 5.41) is 2.59. The monoisotopic (exact) mass is 382 g/mol. The van der Waals surface area contributed by atoms with Gasteiger partial charge in [-0.15, -0.1) is 0 Å². The number of fused-ring (bicyclic) bond motifs is 1. The summed E-state index contributed by atoms with van der Waals surface area (Å²) >= 11 is 5.63. The van der Waals surface area contributed by atoms with Crippen LogP contribution in [0, 0.1) is 11.7 Å². The van der Waals surface area contributed by atoms with E-state index in [-0.39, 0.29) is 23.2 Å². The average Bonchev–Trinajstić information content (AvgIpc) is 2.56. The van der Waals surface area contributed by atoms with E-state index >= 15 is 0 Å². The number of nitrogens with one attached hydrogen (secondary N) is 1. The lowest BCUT2D eigenvalue weighted by atomic mass is 9.93. The molecule has 1 heterocycles. The summed E-state index contributed by atoms with van der Waals surface area (Å²) in [4.78, 5) is 12.6. The molecule has 8 heteroatoms. The smallest absolute Gasteiger partial charge is 0.232 e. The van der Waals surface area contributed by atoms with Crippen LogP contribution < -0.4 is 9.62 Å². The molecule has 0 bridgehead atoms. The van der Waals surface area contributed by atoms with Crippen molar-refractivity contribution < 1.29 is 17.6 Å². The lowest BCUT2D eigenvalue weighted by Gasteiger charge is -2.33. The second-order valence-corrected chi connectivity index (χ2v) is 8.26. The first-order valence-corrected chi connectivity index (χ1v) is 9.80. The molecule has 25 heavy (non-hydrogen) atoms. The Hall–Kier alpha value is -2.12. The molecule has 0 aliphatic carbocycles. The van der Waals surface area contributed by atoms with Gasteiger partial charge < -0.3 is 5.32 Å². The van der Waals surface area contributed by atoms with Crippen LogP contribution in [0.4, 0.5) is 15.8 Å². The molecule has 1 amide bonds. The molecule has 2 aromatic carbocycles. The summed E-state index contributed by atoms with van der Waals surface area (Å²) in [6, 6.07) is 11.1. The predicted octanol–water partition coefficient (Wildman–Crippen LogP) is 3.06. The summed E-state index contributed by atoms with van der Waals surface area (Å²) in [6.45, 7) is 0.0394. The number of hydrogen-bond acceptors (Lipinski definition) is 3. The van der Waals surface area contributed by atoms with Gasteiger partial charge in [0.15, 0.2) is 0 Å². The van der Waals surface area contributed by atoms with Crippen molar-refractivity contribution >= 4 is 38.9 Å². The molecule has 5 nitrogen and oxygen atoms in total. The average molecular weight is 383 g/mol. The third kappa shape index (κ3) is 3.77. The fraction of sp³-hybridized carbons (Fsp3) is 0.235. The van der Waals surface area contributed by atoms with Gasteiger partial charge in [-0.2, -0.15) is 0 Å². The quantitative estimate of drug-likeness (QED) is 0.887. The van der Waals surface area contributed by atoms with Crippen LogP contribution in [0.5, 0.6) is 0 Å². The minimum Gasteiger partial charge on any atom is -0.326 e. The summed E-state index contributed by atoms with van der Waals surface area (Å²) in [5.41, 5.74) is 1.64. The van der Waals surface area contributed by atoms with E-state index in [1.807, 2.05) is 0 Å². The van der Waals surface area contributed by atoms with E-state index in [0.29, 0.717) is 12.1 Å². The zero-order valence-electron chi connectivity index (χ0n) is 13.4. The highest BCUT2D eigenvalue weighted by atomic mass is 35.5. The lowest BCUT2D eigenvalue weighted by molar-refractivity contribution is -0.119. The number of hydrogen-bond donors (Lipinski definition) is 1. The summed E-state index contributed by atoms with van der Waals surface area (Å²) in [6.07, 6.45) is 1.52. The standard InChI is InChI=1S/C17H16ClFN2O3S/c1-25(23,24)21-10-12(8-11-4-2-3-5-16(11)21)17(22)20-13-6-7-14(18)15(19)9-13/h2-7,9,12H,8,10H2,1H3,(H,20,22). The van der Waals surface area contributed by atoms with Crippen LogP contribution in [0.3, 0.4) is 0 Å². The number of carbonyl (C=O) groups is 1. The van der Waals surface area contributed by atoms with Gasteiger partial charge in [0, 0.05) is 12.2 Å². The van der Waals surface area contributed by atoms with Crippen LogP contribution >= 0.6 is 11.6 Å². The van der Waals surface area contributed by atoms with Gasteiger partial charge in [0.2, 0.25) is 15.9 Å². The molecule has 0 saturated carbocycles. The molecule has 3 rings (SSSR count). The summed E-state index contributed by atoms with van der Waals surface area (Å²) < 4.78 is 38.9. The van der Waals surface area contributed by atoms with Gasteiger partial charge in [0.05, 0.1) is 22.9 Å². The Morgan fingerprint density at radius 2 is 2.00 bits per heavy atom. The molecular formula is C17H16ClFN2O3S. The fourth-order valence-electron chi connectivity index (χ4n) is 2.86. The van der Waals surface area contributed by atoms with Crippen LogP contribution in [-0.2, 0) is 21.2 Å². The number of rotatable bonds is 3. The highest BCUT2D eigenvalue weighted by Crippen LogP contribution is 2.32. The van der Waals surface area contributed by atoms with Crippen molar-refractivity contribution in [1.82, 2.24) is 0 Å². The molecule has 132 valence electrons. The molecule has 2 aromatic rings. The fourth-order valence-corrected chi connectivity index (χ4v) is 3.97. The Morgan fingerprint density at radius 3 is 2.68 bits per heavy atom. The van der Waals surface area contributed by atoms with Crippen molar-refractivity contribution in [3.05, 3.63) is 58.9 Å². The molecule has 1 unspecified atom stereocenters. The Bertz CT molecular complexity index is 933. The van der Waals surface area contributed by atoms with Crippen LogP contribution in [0.1, 0.15) is 5.56 Å². The summed E-state index contributed by atoms with van der Waals surface area (Å²) in [5.74, 6) is -1.58. The van der Waals surface area contributed by atoms with E-state index in [2.05, 4.69) is 5.32 Å². The molecule has 0 fully saturated rings. The molecule has 0 spiro atoms. The Morgan fingerprint density at radius 1 is 1.28 bits per heavy atom. The van der Waals surface area contributed by atoms with Gasteiger partial charge in [-0.1, -0.05) is 29.8 Å². The molecule has 1 aliphatic rings. The van der Waals surface area contributed by atoms with Crippen molar-refractivity contribution in [3.63, 3.8) is 0 Å². The molecule has 1 atom stereocenters. The van der Waals surface area contributed by atoms with Gasteiger partial charge in [0.25, 0.3) is 0 Å². The maximum atomic E-state index is 13.5. The van der Waals surface area contributed by atoms with Crippen LogP contribution in [0.15, 0.2) is 42.5 Å². The van der Waals surface area contributed by atoms with Gasteiger partial charge in [-0.3, -0.25) is 9.10 Å². The third-order valence-electron chi connectivity index (χ3n) is 4.07. The number of carbonyl (C=O) groups excluding carboxylic acids is 1. The first-order chi connectivity index (χ1) is 11.8. The van der Waals surface area contributed by atoms with Gasteiger partial charge in [-0.05, 0) is 36.2 Å². The maximum Gasteiger partial charge on any atom is 0.232 e. The Labute approximate surface area is 150 Å². The molecule has 0 aromatic heterocycles. The first-order valence-electron chi connectivity index (χ1n) is 7.57. The van der Waals surface area contributed by atoms with Crippen molar-refractivity contribution in [3.8, 4) is 0 Å². The van der Waals surface area contributed by atoms with Crippen LogP contribution in [0.25, 0.3) is 0 Å². The van der Waals surface area contributed by atoms with E-state index in [1.165, 1.54) is 16.4 Å². The second kappa shape index (κ2) is 6.65. The van der Waals surface area contributed by atoms with Crippen molar-refractivity contribution in [2.75, 3.05) is 22.4 Å². The molecule has 0 radical (unpaired) electrons. The minimum atomic E-state index is -3.52. The number of amides is 1. The van der Waals surface area contributed by atoms with Crippen molar-refractivity contribution in [2.24, 2.45) is 5.92 Å². The topological polar surface area (TPSA) is 66.5 Å². The lowest BCUT2D eigenvalue weighted by Crippen LogP contribution is -2.43. The van der Waals surface area contributed by atoms with E-state index in [9.17, 15) is 17.6 Å². The van der Waals surface area contributed by atoms with Gasteiger partial charge >= 0.3 is 0 Å². The van der Waals surface area contributed by atoms with E-state index in [1.54, 1.807) is 24.3 Å². The SMILES string of the molecule is CS(=O)(=O)N1CC(C(=O)Nc2ccc(Cl)c(F)c2)Cc2ccccc21. The first kappa shape index (κ1) is 17.7. The number of benzene rings is 2. The number of para-hydroxylation sites is 1. The Kier molecular flexibility index (Phi) is 4.71. The van der Waals surface area contributed by atoms with E-state index in [4.69, 9.17) is 11.6 Å². The maximum absolute atomic E-state index is 13.5. The highest BCUT2D eigenvalue weighted by molar-refractivity contribution is 7.92. The van der Waals surface area contributed by atoms with Crippen molar-refractivity contribution in [2.45, 2.75) is 6.42 Å². The van der Waals surface area contributed by atoms with Crippen LogP contribution in [0.2, 0.25) is 5.02 Å². The zero-order valence-corrected chi connectivity index (χ0v) is 14.9. The normalized spacial score (nSPS) is 17.1. The molecule has 1 N–H and O–H groups in total. The van der Waals surface area contributed by atoms with Gasteiger partial charge in [-0.25, -0.2) is 12.8 Å². The highest BCUT2D eigenvalue weighted by Gasteiger charge is 2.33. The zero-order chi connectivity index (χ0) is 18.2. The number of sulfonamides is 1. The molecule has 1 aliphatic heterocycles. The largest absolute Gasteiger partial charge is 0.326 e. The number of nitrogens with zero attached hydrogens (tertiary/aromatic N) is 1. The van der Waals surface area contributed by atoms with Gasteiger partial charge in [0.1, 0.15) is 5.82 Å². The minimum absolute atomic E-state index is 0.0344. The van der Waals surface area contributed by atoms with Crippen LogP contribution in [-0.4, -0.2) is 27.1 Å². The van der Waals surface area contributed by atoms with Crippen molar-refractivity contribution in [1.29, 1.82) is 0 Å². The summed E-state index contributed by atoms with van der Waals surface area (Å²) in [7, 11) is -3.52. The predicted molar refractivity (Wildman–Crippen MR) is 95.9 cm³/mol. The number of halogens is 2. The third-order valence-corrected chi connectivity index (χ3v) is 5.52. The van der Waals surface area contributed by atoms with E-state index in [0.717, 1.165) is 17.9 Å². The number of anilines is 2. The molecule has 0 saturated heterocycles. The van der Waals surface area contributed by atoms with E-state index < -0.39 is 21.8 Å². The Balaban J connectivity index is 1.85. The molecular weight excluding hydrogens is 367 g/mol. The second-order valence-electron chi connectivity index (χ2n) is 5.94.